The number of ether oxygens (including phenoxy) is 1. The predicted octanol–water partition coefficient (Wildman–Crippen LogP) is 3.12. The number of para-hydroxylation sites is 1. The van der Waals surface area contributed by atoms with E-state index in [-0.39, 0.29) is 18.3 Å². The van der Waals surface area contributed by atoms with Gasteiger partial charge in [0.15, 0.2) is 6.61 Å². The number of carbonyl (C=O) groups is 2. The Morgan fingerprint density at radius 1 is 0.900 bits per heavy atom. The lowest BCUT2D eigenvalue weighted by molar-refractivity contribution is -0.134. The van der Waals surface area contributed by atoms with E-state index >= 15 is 0 Å². The molecule has 0 radical (unpaired) electrons. The number of rotatable bonds is 5. The van der Waals surface area contributed by atoms with Gasteiger partial charge in [0.05, 0.1) is 11.3 Å². The fourth-order valence-electron chi connectivity index (χ4n) is 3.51. The van der Waals surface area contributed by atoms with E-state index in [1.54, 1.807) is 41.3 Å². The molecule has 0 bridgehead atoms. The van der Waals surface area contributed by atoms with Crippen LogP contribution in [0.15, 0.2) is 73.1 Å². The number of esters is 1. The SMILES string of the molecule is O=C(OCC(=O)N1CCN(c2ccccc2F)CC1)c1cccc(-n2cccc2)c1. The second kappa shape index (κ2) is 8.82. The number of nitrogens with zero attached hydrogens (tertiary/aromatic N) is 3. The van der Waals surface area contributed by atoms with Crippen molar-refractivity contribution in [1.29, 1.82) is 0 Å². The van der Waals surface area contributed by atoms with Gasteiger partial charge in [-0.3, -0.25) is 4.79 Å². The first-order chi connectivity index (χ1) is 14.6. The average Bonchev–Trinajstić information content (AvgIpc) is 3.33. The summed E-state index contributed by atoms with van der Waals surface area (Å²) in [5.41, 5.74) is 1.77. The first-order valence-electron chi connectivity index (χ1n) is 9.79. The van der Waals surface area contributed by atoms with Crippen LogP contribution in [-0.4, -0.2) is 54.1 Å². The topological polar surface area (TPSA) is 54.8 Å². The van der Waals surface area contributed by atoms with Gasteiger partial charge in [-0.15, -0.1) is 0 Å². The molecule has 7 heteroatoms. The molecule has 0 saturated carbocycles. The molecular formula is C23H22FN3O3. The maximum absolute atomic E-state index is 13.9. The summed E-state index contributed by atoms with van der Waals surface area (Å²) in [5.74, 6) is -1.06. The summed E-state index contributed by atoms with van der Waals surface area (Å²) in [6.07, 6.45) is 3.77. The van der Waals surface area contributed by atoms with Crippen LogP contribution in [0.1, 0.15) is 10.4 Å². The average molecular weight is 407 g/mol. The highest BCUT2D eigenvalue weighted by Crippen LogP contribution is 2.20. The molecule has 0 spiro atoms. The highest BCUT2D eigenvalue weighted by atomic mass is 19.1. The van der Waals surface area contributed by atoms with E-state index in [2.05, 4.69) is 0 Å². The Hall–Kier alpha value is -3.61. The summed E-state index contributed by atoms with van der Waals surface area (Å²) in [6, 6.07) is 17.4. The summed E-state index contributed by atoms with van der Waals surface area (Å²) >= 11 is 0. The Kier molecular flexibility index (Phi) is 5.79. The van der Waals surface area contributed by atoms with Crippen LogP contribution < -0.4 is 4.90 Å². The summed E-state index contributed by atoms with van der Waals surface area (Å²) in [7, 11) is 0. The molecule has 30 heavy (non-hydrogen) atoms. The van der Waals surface area contributed by atoms with Crippen molar-refractivity contribution in [3.8, 4) is 5.69 Å². The van der Waals surface area contributed by atoms with Crippen molar-refractivity contribution in [1.82, 2.24) is 9.47 Å². The third-order valence-corrected chi connectivity index (χ3v) is 5.14. The molecule has 1 aliphatic rings. The van der Waals surface area contributed by atoms with Crippen molar-refractivity contribution in [3.05, 3.63) is 84.4 Å². The molecule has 2 heterocycles. The van der Waals surface area contributed by atoms with Gasteiger partial charge in [0.25, 0.3) is 5.91 Å². The minimum absolute atomic E-state index is 0.252. The molecule has 1 aliphatic heterocycles. The van der Waals surface area contributed by atoms with Crippen molar-refractivity contribution < 1.29 is 18.7 Å². The molecule has 0 N–H and O–H groups in total. The number of halogens is 1. The maximum atomic E-state index is 13.9. The third-order valence-electron chi connectivity index (χ3n) is 5.14. The number of carbonyl (C=O) groups excluding carboxylic acids is 2. The molecule has 1 amide bonds. The molecule has 4 rings (SSSR count). The number of amides is 1. The van der Waals surface area contributed by atoms with Crippen molar-refractivity contribution in [2.75, 3.05) is 37.7 Å². The molecule has 3 aromatic rings. The Balaban J connectivity index is 1.30. The molecule has 0 aliphatic carbocycles. The number of hydrogen-bond donors (Lipinski definition) is 0. The normalized spacial score (nSPS) is 13.9. The van der Waals surface area contributed by atoms with Crippen LogP contribution in [0.3, 0.4) is 0 Å². The zero-order valence-corrected chi connectivity index (χ0v) is 16.4. The van der Waals surface area contributed by atoms with Gasteiger partial charge < -0.3 is 19.1 Å². The Bertz CT molecular complexity index is 1030. The number of aromatic nitrogens is 1. The molecule has 0 atom stereocenters. The molecule has 1 fully saturated rings. The van der Waals surface area contributed by atoms with Gasteiger partial charge in [0.2, 0.25) is 0 Å². The van der Waals surface area contributed by atoms with Crippen LogP contribution in [0.2, 0.25) is 0 Å². The highest BCUT2D eigenvalue weighted by Gasteiger charge is 2.23. The van der Waals surface area contributed by atoms with Gasteiger partial charge >= 0.3 is 5.97 Å². The lowest BCUT2D eigenvalue weighted by Crippen LogP contribution is -2.50. The zero-order chi connectivity index (χ0) is 20.9. The van der Waals surface area contributed by atoms with E-state index in [4.69, 9.17) is 4.74 Å². The minimum atomic E-state index is -0.539. The van der Waals surface area contributed by atoms with Gasteiger partial charge in [-0.25, -0.2) is 9.18 Å². The number of hydrogen-bond acceptors (Lipinski definition) is 4. The summed E-state index contributed by atoms with van der Waals surface area (Å²) in [4.78, 5) is 28.4. The smallest absolute Gasteiger partial charge is 0.338 e. The van der Waals surface area contributed by atoms with Gasteiger partial charge in [-0.1, -0.05) is 18.2 Å². The van der Waals surface area contributed by atoms with E-state index in [0.717, 1.165) is 5.69 Å². The van der Waals surface area contributed by atoms with E-state index in [0.29, 0.717) is 37.4 Å². The molecule has 154 valence electrons. The van der Waals surface area contributed by atoms with E-state index in [1.165, 1.54) is 6.07 Å². The lowest BCUT2D eigenvalue weighted by atomic mass is 10.2. The fourth-order valence-corrected chi connectivity index (χ4v) is 3.51. The zero-order valence-electron chi connectivity index (χ0n) is 16.4. The van der Waals surface area contributed by atoms with Gasteiger partial charge in [-0.2, -0.15) is 0 Å². The predicted molar refractivity (Wildman–Crippen MR) is 111 cm³/mol. The first-order valence-corrected chi connectivity index (χ1v) is 9.79. The van der Waals surface area contributed by atoms with Crippen LogP contribution >= 0.6 is 0 Å². The minimum Gasteiger partial charge on any atom is -0.452 e. The largest absolute Gasteiger partial charge is 0.452 e. The second-order valence-corrected chi connectivity index (χ2v) is 7.04. The second-order valence-electron chi connectivity index (χ2n) is 7.04. The van der Waals surface area contributed by atoms with Crippen molar-refractivity contribution in [2.24, 2.45) is 0 Å². The maximum Gasteiger partial charge on any atom is 0.338 e. The molecule has 2 aromatic carbocycles. The quantitative estimate of drug-likeness (QED) is 0.610. The van der Waals surface area contributed by atoms with Gasteiger partial charge in [0, 0.05) is 44.3 Å². The van der Waals surface area contributed by atoms with Crippen LogP contribution in [-0.2, 0) is 9.53 Å². The highest BCUT2D eigenvalue weighted by molar-refractivity contribution is 5.91. The number of anilines is 1. The summed E-state index contributed by atoms with van der Waals surface area (Å²) in [6.45, 7) is 1.65. The van der Waals surface area contributed by atoms with Crippen LogP contribution in [0, 0.1) is 5.82 Å². The van der Waals surface area contributed by atoms with Crippen molar-refractivity contribution in [3.63, 3.8) is 0 Å². The Labute approximate surface area is 174 Å². The van der Waals surface area contributed by atoms with Gasteiger partial charge in [0.1, 0.15) is 5.82 Å². The lowest BCUT2D eigenvalue weighted by Gasteiger charge is -2.36. The van der Waals surface area contributed by atoms with Crippen molar-refractivity contribution >= 4 is 17.6 Å². The third kappa shape index (κ3) is 4.35. The van der Waals surface area contributed by atoms with Gasteiger partial charge in [-0.05, 0) is 42.5 Å². The Morgan fingerprint density at radius 2 is 1.63 bits per heavy atom. The van der Waals surface area contributed by atoms with Crippen LogP contribution in [0.25, 0.3) is 5.69 Å². The number of benzene rings is 2. The monoisotopic (exact) mass is 407 g/mol. The molecule has 1 saturated heterocycles. The molecule has 6 nitrogen and oxygen atoms in total. The molecule has 1 aromatic heterocycles. The van der Waals surface area contributed by atoms with Crippen LogP contribution in [0.4, 0.5) is 10.1 Å². The van der Waals surface area contributed by atoms with E-state index in [1.807, 2.05) is 40.1 Å². The summed E-state index contributed by atoms with van der Waals surface area (Å²) in [5, 5.41) is 0. The van der Waals surface area contributed by atoms with E-state index < -0.39 is 5.97 Å². The summed E-state index contributed by atoms with van der Waals surface area (Å²) < 4.78 is 21.1. The fraction of sp³-hybridized carbons (Fsp3) is 0.217. The van der Waals surface area contributed by atoms with Crippen LogP contribution in [0.5, 0.6) is 0 Å². The molecule has 0 unspecified atom stereocenters. The number of piperazine rings is 1. The first kappa shape index (κ1) is 19.7. The Morgan fingerprint density at radius 3 is 2.37 bits per heavy atom. The molecular weight excluding hydrogens is 385 g/mol. The van der Waals surface area contributed by atoms with E-state index in [9.17, 15) is 14.0 Å². The van der Waals surface area contributed by atoms with Crippen molar-refractivity contribution in [2.45, 2.75) is 0 Å². The standard InChI is InChI=1S/C23H22FN3O3/c24-20-8-1-2-9-21(20)26-12-14-27(15-13-26)22(28)17-30-23(29)18-6-5-7-19(16-18)25-10-3-4-11-25/h1-11,16H,12-15,17H2.